The maximum absolute atomic E-state index is 12.2. The van der Waals surface area contributed by atoms with Crippen molar-refractivity contribution in [1.82, 2.24) is 0 Å². The SMILES string of the molecule is Cc1cc(C)c(C(N)C2CCCCS2(=O)=O)cc1C. The third kappa shape index (κ3) is 2.84. The summed E-state index contributed by atoms with van der Waals surface area (Å²) in [5, 5.41) is -0.415. The molecule has 1 aromatic rings. The topological polar surface area (TPSA) is 60.2 Å². The molecule has 2 rings (SSSR count). The van der Waals surface area contributed by atoms with Crippen LogP contribution in [0.5, 0.6) is 0 Å². The minimum atomic E-state index is -3.04. The predicted molar refractivity (Wildman–Crippen MR) is 79.0 cm³/mol. The molecule has 0 spiro atoms. The first-order valence-electron chi connectivity index (χ1n) is 6.88. The lowest BCUT2D eigenvalue weighted by Gasteiger charge is -2.29. The molecule has 0 radical (unpaired) electrons. The molecule has 19 heavy (non-hydrogen) atoms. The van der Waals surface area contributed by atoms with Crippen molar-refractivity contribution in [3.8, 4) is 0 Å². The van der Waals surface area contributed by atoms with Gasteiger partial charge in [-0.2, -0.15) is 0 Å². The van der Waals surface area contributed by atoms with Gasteiger partial charge in [-0.3, -0.25) is 0 Å². The van der Waals surface area contributed by atoms with Crippen molar-refractivity contribution in [3.63, 3.8) is 0 Å². The number of aryl methyl sites for hydroxylation is 3. The van der Waals surface area contributed by atoms with E-state index >= 15 is 0 Å². The first-order chi connectivity index (χ1) is 8.83. The van der Waals surface area contributed by atoms with Gasteiger partial charge < -0.3 is 5.73 Å². The second-order valence-electron chi connectivity index (χ2n) is 5.72. The van der Waals surface area contributed by atoms with Gasteiger partial charge in [0.15, 0.2) is 9.84 Å². The zero-order valence-corrected chi connectivity index (χ0v) is 12.8. The number of nitrogens with two attached hydrogens (primary N) is 1. The predicted octanol–water partition coefficient (Wildman–Crippen LogP) is 2.58. The molecule has 1 heterocycles. The second-order valence-corrected chi connectivity index (χ2v) is 8.06. The van der Waals surface area contributed by atoms with Crippen molar-refractivity contribution in [2.45, 2.75) is 51.3 Å². The Morgan fingerprint density at radius 3 is 2.37 bits per heavy atom. The van der Waals surface area contributed by atoms with Crippen molar-refractivity contribution < 1.29 is 8.42 Å². The first kappa shape index (κ1) is 14.5. The van der Waals surface area contributed by atoms with Gasteiger partial charge >= 0.3 is 0 Å². The van der Waals surface area contributed by atoms with Crippen LogP contribution in [0, 0.1) is 20.8 Å². The largest absolute Gasteiger partial charge is 0.323 e. The molecule has 2 atom stereocenters. The molecule has 0 saturated carbocycles. The van der Waals surface area contributed by atoms with E-state index in [0.717, 1.165) is 24.0 Å². The number of hydrogen-bond donors (Lipinski definition) is 1. The molecule has 1 aromatic carbocycles. The van der Waals surface area contributed by atoms with E-state index in [-0.39, 0.29) is 5.75 Å². The zero-order valence-electron chi connectivity index (χ0n) is 11.9. The number of benzene rings is 1. The first-order valence-corrected chi connectivity index (χ1v) is 8.59. The summed E-state index contributed by atoms with van der Waals surface area (Å²) in [6.07, 6.45) is 2.43. The van der Waals surface area contributed by atoms with Gasteiger partial charge in [-0.1, -0.05) is 18.6 Å². The maximum Gasteiger partial charge on any atom is 0.155 e. The Hall–Kier alpha value is -0.870. The van der Waals surface area contributed by atoms with Crippen molar-refractivity contribution in [3.05, 3.63) is 34.4 Å². The summed E-state index contributed by atoms with van der Waals surface area (Å²) in [5.74, 6) is 0.287. The molecule has 0 amide bonds. The van der Waals surface area contributed by atoms with E-state index in [0.29, 0.717) is 6.42 Å². The van der Waals surface area contributed by atoms with Crippen LogP contribution >= 0.6 is 0 Å². The number of hydrogen-bond acceptors (Lipinski definition) is 3. The summed E-state index contributed by atoms with van der Waals surface area (Å²) in [4.78, 5) is 0. The smallest absolute Gasteiger partial charge is 0.155 e. The van der Waals surface area contributed by atoms with Gasteiger partial charge in [-0.15, -0.1) is 0 Å². The van der Waals surface area contributed by atoms with Crippen LogP contribution < -0.4 is 5.73 Å². The summed E-state index contributed by atoms with van der Waals surface area (Å²) in [6, 6.07) is 3.75. The molecule has 106 valence electrons. The Bertz CT molecular complexity index is 578. The number of rotatable bonds is 2. The fourth-order valence-corrected chi connectivity index (χ4v) is 4.95. The van der Waals surface area contributed by atoms with E-state index < -0.39 is 21.1 Å². The average molecular weight is 281 g/mol. The van der Waals surface area contributed by atoms with E-state index in [4.69, 9.17) is 5.73 Å². The highest BCUT2D eigenvalue weighted by molar-refractivity contribution is 7.92. The molecular formula is C15H23NO2S. The van der Waals surface area contributed by atoms with Gasteiger partial charge in [0.1, 0.15) is 0 Å². The second kappa shape index (κ2) is 5.25. The van der Waals surface area contributed by atoms with Gasteiger partial charge in [0.25, 0.3) is 0 Å². The van der Waals surface area contributed by atoms with Crippen molar-refractivity contribution in [2.24, 2.45) is 5.73 Å². The summed E-state index contributed by atoms with van der Waals surface area (Å²) in [7, 11) is -3.04. The van der Waals surface area contributed by atoms with Gasteiger partial charge in [0, 0.05) is 6.04 Å². The van der Waals surface area contributed by atoms with E-state index in [1.54, 1.807) is 0 Å². The lowest BCUT2D eigenvalue weighted by molar-refractivity contribution is 0.504. The lowest BCUT2D eigenvalue weighted by Crippen LogP contribution is -2.38. The monoisotopic (exact) mass is 281 g/mol. The third-order valence-electron chi connectivity index (χ3n) is 4.27. The molecule has 1 fully saturated rings. The van der Waals surface area contributed by atoms with E-state index in [2.05, 4.69) is 19.1 Å². The average Bonchev–Trinajstić information content (AvgIpc) is 2.32. The van der Waals surface area contributed by atoms with Crippen LogP contribution in [0.25, 0.3) is 0 Å². The molecule has 0 aliphatic carbocycles. The molecule has 1 aliphatic heterocycles. The summed E-state index contributed by atoms with van der Waals surface area (Å²) < 4.78 is 24.4. The highest BCUT2D eigenvalue weighted by Gasteiger charge is 2.35. The quantitative estimate of drug-likeness (QED) is 0.906. The molecule has 0 aromatic heterocycles. The minimum Gasteiger partial charge on any atom is -0.323 e. The van der Waals surface area contributed by atoms with Crippen LogP contribution in [0.2, 0.25) is 0 Å². The molecule has 2 N–H and O–H groups in total. The summed E-state index contributed by atoms with van der Waals surface area (Å²) in [5.41, 5.74) is 10.8. The molecule has 4 heteroatoms. The Morgan fingerprint density at radius 2 is 1.74 bits per heavy atom. The van der Waals surface area contributed by atoms with Gasteiger partial charge in [-0.25, -0.2) is 8.42 Å². The summed E-state index contributed by atoms with van der Waals surface area (Å²) in [6.45, 7) is 6.12. The van der Waals surface area contributed by atoms with Gasteiger partial charge in [-0.05, 0) is 55.9 Å². The minimum absolute atomic E-state index is 0.287. The zero-order chi connectivity index (χ0) is 14.2. The van der Waals surface area contributed by atoms with Crippen molar-refractivity contribution in [1.29, 1.82) is 0 Å². The van der Waals surface area contributed by atoms with Crippen LogP contribution in [0.4, 0.5) is 0 Å². The lowest BCUT2D eigenvalue weighted by atomic mass is 9.93. The fraction of sp³-hybridized carbons (Fsp3) is 0.600. The number of sulfone groups is 1. The fourth-order valence-electron chi connectivity index (χ4n) is 2.92. The van der Waals surface area contributed by atoms with Crippen LogP contribution in [-0.4, -0.2) is 19.4 Å². The Balaban J connectivity index is 2.39. The molecule has 1 aliphatic rings. The third-order valence-corrected chi connectivity index (χ3v) is 6.58. The Kier molecular flexibility index (Phi) is 4.02. The van der Waals surface area contributed by atoms with Crippen LogP contribution in [0.3, 0.4) is 0 Å². The standard InChI is InChI=1S/C15H23NO2S/c1-10-8-12(3)13(9-11(10)2)15(16)14-6-4-5-7-19(14,17)18/h8-9,14-15H,4-7,16H2,1-3H3. The van der Waals surface area contributed by atoms with Crippen LogP contribution in [-0.2, 0) is 9.84 Å². The van der Waals surface area contributed by atoms with E-state index in [1.807, 2.05) is 13.8 Å². The van der Waals surface area contributed by atoms with Crippen molar-refractivity contribution in [2.75, 3.05) is 5.75 Å². The molecular weight excluding hydrogens is 258 g/mol. The van der Waals surface area contributed by atoms with E-state index in [9.17, 15) is 8.42 Å². The maximum atomic E-state index is 12.2. The van der Waals surface area contributed by atoms with Gasteiger partial charge in [0.05, 0.1) is 11.0 Å². The highest BCUT2D eigenvalue weighted by atomic mass is 32.2. The van der Waals surface area contributed by atoms with Gasteiger partial charge in [0.2, 0.25) is 0 Å². The molecule has 1 saturated heterocycles. The molecule has 3 nitrogen and oxygen atoms in total. The Morgan fingerprint density at radius 1 is 1.11 bits per heavy atom. The highest BCUT2D eigenvalue weighted by Crippen LogP contribution is 2.31. The van der Waals surface area contributed by atoms with E-state index in [1.165, 1.54) is 11.1 Å². The Labute approximate surface area is 116 Å². The van der Waals surface area contributed by atoms with Crippen molar-refractivity contribution >= 4 is 9.84 Å². The normalized spacial score (nSPS) is 24.1. The van der Waals surface area contributed by atoms with Crippen LogP contribution in [0.15, 0.2) is 12.1 Å². The molecule has 0 bridgehead atoms. The molecule has 2 unspecified atom stereocenters. The van der Waals surface area contributed by atoms with Crippen LogP contribution in [0.1, 0.15) is 47.6 Å². The summed E-state index contributed by atoms with van der Waals surface area (Å²) >= 11 is 0.